The molecule has 1 atom stereocenters. The van der Waals surface area contributed by atoms with E-state index < -0.39 is 29.1 Å². The van der Waals surface area contributed by atoms with Crippen LogP contribution in [0.4, 0.5) is 4.79 Å². The first-order chi connectivity index (χ1) is 10.8. The van der Waals surface area contributed by atoms with Crippen LogP contribution in [0.1, 0.15) is 71.6 Å². The molecule has 0 aliphatic heterocycles. The third kappa shape index (κ3) is 5.25. The Morgan fingerprint density at radius 3 is 1.83 bits per heavy atom. The highest BCUT2D eigenvalue weighted by Gasteiger charge is 2.39. The molecule has 0 spiro atoms. The van der Waals surface area contributed by atoms with Gasteiger partial charge in [0, 0.05) is 0 Å². The minimum atomic E-state index is -1.18. The van der Waals surface area contributed by atoms with Crippen molar-refractivity contribution in [1.82, 2.24) is 5.32 Å². The zero-order valence-corrected chi connectivity index (χ0v) is 15.6. The van der Waals surface area contributed by atoms with Crippen molar-refractivity contribution in [1.29, 1.82) is 0 Å². The number of carboxylic acids is 1. The number of hydrogen-bond donors (Lipinski definition) is 2. The van der Waals surface area contributed by atoms with Gasteiger partial charge in [-0.1, -0.05) is 38.1 Å². The second kappa shape index (κ2) is 7.24. The molecule has 5 nitrogen and oxygen atoms in total. The van der Waals surface area contributed by atoms with Crippen LogP contribution in [0.25, 0.3) is 0 Å². The lowest BCUT2D eigenvalue weighted by molar-refractivity contribution is -0.148. The summed E-state index contributed by atoms with van der Waals surface area (Å²) in [5, 5.41) is 12.3. The highest BCUT2D eigenvalue weighted by Crippen LogP contribution is 2.34. The van der Waals surface area contributed by atoms with Crippen LogP contribution in [0.3, 0.4) is 0 Å². The van der Waals surface area contributed by atoms with Crippen LogP contribution >= 0.6 is 0 Å². The van der Waals surface area contributed by atoms with Crippen molar-refractivity contribution in [2.75, 3.05) is 0 Å². The van der Waals surface area contributed by atoms with Crippen LogP contribution in [-0.4, -0.2) is 22.8 Å². The van der Waals surface area contributed by atoms with Crippen molar-refractivity contribution in [3.63, 3.8) is 0 Å². The van der Waals surface area contributed by atoms with Gasteiger partial charge in [0.25, 0.3) is 0 Å². The fraction of sp³-hybridized carbons (Fsp3) is 0.579. The minimum absolute atomic E-state index is 0.379. The summed E-state index contributed by atoms with van der Waals surface area (Å²) in [4.78, 5) is 23.8. The Morgan fingerprint density at radius 1 is 1.00 bits per heavy atom. The van der Waals surface area contributed by atoms with Crippen molar-refractivity contribution < 1.29 is 19.4 Å². The Labute approximate surface area is 144 Å². The smallest absolute Gasteiger partial charge is 0.408 e. The van der Waals surface area contributed by atoms with E-state index in [0.29, 0.717) is 5.92 Å². The molecule has 0 radical (unpaired) electrons. The van der Waals surface area contributed by atoms with Gasteiger partial charge in [0.2, 0.25) is 0 Å². The third-order valence-corrected chi connectivity index (χ3v) is 3.87. The Kier molecular flexibility index (Phi) is 6.04. The molecule has 5 heteroatoms. The average molecular weight is 335 g/mol. The van der Waals surface area contributed by atoms with Crippen molar-refractivity contribution >= 4 is 12.1 Å². The van der Waals surface area contributed by atoms with E-state index in [1.165, 1.54) is 0 Å². The van der Waals surface area contributed by atoms with Gasteiger partial charge >= 0.3 is 12.1 Å². The number of rotatable bonds is 5. The summed E-state index contributed by atoms with van der Waals surface area (Å²) >= 11 is 0. The van der Waals surface area contributed by atoms with Gasteiger partial charge in [0.1, 0.15) is 5.60 Å². The lowest BCUT2D eigenvalue weighted by Crippen LogP contribution is -2.44. The van der Waals surface area contributed by atoms with E-state index in [2.05, 4.69) is 19.2 Å². The number of hydrogen-bond acceptors (Lipinski definition) is 3. The quantitative estimate of drug-likeness (QED) is 0.831. The lowest BCUT2D eigenvalue weighted by Gasteiger charge is -2.32. The van der Waals surface area contributed by atoms with Crippen molar-refractivity contribution in [3.05, 3.63) is 35.4 Å². The van der Waals surface area contributed by atoms with Crippen LogP contribution in [0.5, 0.6) is 0 Å². The van der Waals surface area contributed by atoms with Gasteiger partial charge in [-0.2, -0.15) is 0 Å². The Bertz CT molecular complexity index is 582. The number of carboxylic acid groups (broad SMARTS) is 1. The summed E-state index contributed by atoms with van der Waals surface area (Å²) in [7, 11) is 0. The Hall–Kier alpha value is -2.04. The number of amides is 1. The molecule has 1 aromatic rings. The van der Waals surface area contributed by atoms with Crippen LogP contribution in [0, 0.1) is 5.41 Å². The van der Waals surface area contributed by atoms with E-state index in [0.717, 1.165) is 11.1 Å². The normalized spacial score (nSPS) is 13.5. The maximum Gasteiger partial charge on any atom is 0.408 e. The van der Waals surface area contributed by atoms with Gasteiger partial charge in [-0.25, -0.2) is 4.79 Å². The van der Waals surface area contributed by atoms with Crippen LogP contribution in [-0.2, 0) is 9.53 Å². The molecule has 0 heterocycles. The lowest BCUT2D eigenvalue weighted by atomic mass is 9.80. The first kappa shape index (κ1) is 20.0. The third-order valence-electron chi connectivity index (χ3n) is 3.87. The largest absolute Gasteiger partial charge is 0.481 e. The predicted molar refractivity (Wildman–Crippen MR) is 94.1 cm³/mol. The zero-order valence-electron chi connectivity index (χ0n) is 15.6. The molecule has 0 bridgehead atoms. The maximum atomic E-state index is 12.2. The van der Waals surface area contributed by atoms with Crippen molar-refractivity contribution in [2.24, 2.45) is 5.41 Å². The number of benzene rings is 1. The van der Waals surface area contributed by atoms with Gasteiger partial charge < -0.3 is 15.2 Å². The van der Waals surface area contributed by atoms with Crippen LogP contribution in [0.2, 0.25) is 0 Å². The van der Waals surface area contributed by atoms with Crippen molar-refractivity contribution in [3.8, 4) is 0 Å². The number of aliphatic carboxylic acids is 1. The molecule has 1 unspecified atom stereocenters. The summed E-state index contributed by atoms with van der Waals surface area (Å²) in [5.41, 5.74) is 0.0558. The van der Waals surface area contributed by atoms with E-state index >= 15 is 0 Å². The first-order valence-corrected chi connectivity index (χ1v) is 8.17. The fourth-order valence-electron chi connectivity index (χ4n) is 2.30. The van der Waals surface area contributed by atoms with Gasteiger partial charge in [-0.3, -0.25) is 4.79 Å². The second-order valence-corrected chi connectivity index (χ2v) is 7.93. The molecular weight excluding hydrogens is 306 g/mol. The second-order valence-electron chi connectivity index (χ2n) is 7.93. The summed E-state index contributed by atoms with van der Waals surface area (Å²) in [6, 6.07) is 6.94. The topological polar surface area (TPSA) is 75.6 Å². The molecule has 1 rings (SSSR count). The molecule has 0 saturated carbocycles. The standard InChI is InChI=1S/C19H29NO4/c1-12(2)13-8-10-14(11-9-13)15(19(6,7)16(21)22)20-17(23)24-18(3,4)5/h8-12,15H,1-7H3,(H,20,23)(H,21,22). The predicted octanol–water partition coefficient (Wildman–Crippen LogP) is 4.49. The summed E-state index contributed by atoms with van der Waals surface area (Å²) in [6.07, 6.45) is -0.630. The minimum Gasteiger partial charge on any atom is -0.481 e. The molecule has 0 aromatic heterocycles. The molecular formula is C19H29NO4. The highest BCUT2D eigenvalue weighted by molar-refractivity contribution is 5.77. The van der Waals surface area contributed by atoms with E-state index in [-0.39, 0.29) is 0 Å². The number of alkyl carbamates (subject to hydrolysis) is 1. The molecule has 1 aromatic carbocycles. The summed E-state index contributed by atoms with van der Waals surface area (Å²) < 4.78 is 5.28. The molecule has 24 heavy (non-hydrogen) atoms. The van der Waals surface area contributed by atoms with E-state index in [4.69, 9.17) is 4.74 Å². The monoisotopic (exact) mass is 335 g/mol. The summed E-state index contributed by atoms with van der Waals surface area (Å²) in [5.74, 6) is -0.611. The number of carbonyl (C=O) groups excluding carboxylic acids is 1. The maximum absolute atomic E-state index is 12.2. The zero-order chi connectivity index (χ0) is 18.7. The molecule has 0 aliphatic carbocycles. The van der Waals surface area contributed by atoms with Crippen molar-refractivity contribution in [2.45, 2.75) is 66.0 Å². The fourth-order valence-corrected chi connectivity index (χ4v) is 2.30. The molecule has 1 amide bonds. The SMILES string of the molecule is CC(C)c1ccc(C(NC(=O)OC(C)(C)C)C(C)(C)C(=O)O)cc1. The molecule has 134 valence electrons. The van der Waals surface area contributed by atoms with E-state index in [1.807, 2.05) is 24.3 Å². The molecule has 0 saturated heterocycles. The van der Waals surface area contributed by atoms with Gasteiger partial charge in [0.05, 0.1) is 11.5 Å². The van der Waals surface area contributed by atoms with Crippen LogP contribution in [0.15, 0.2) is 24.3 Å². The number of nitrogens with one attached hydrogen (secondary N) is 1. The highest BCUT2D eigenvalue weighted by atomic mass is 16.6. The molecule has 2 N–H and O–H groups in total. The van der Waals surface area contributed by atoms with Gasteiger partial charge in [-0.05, 0) is 51.7 Å². The molecule has 0 aliphatic rings. The van der Waals surface area contributed by atoms with E-state index in [1.54, 1.807) is 34.6 Å². The first-order valence-electron chi connectivity index (χ1n) is 8.17. The number of ether oxygens (including phenoxy) is 1. The van der Waals surface area contributed by atoms with Gasteiger partial charge in [-0.15, -0.1) is 0 Å². The number of carbonyl (C=O) groups is 2. The Morgan fingerprint density at radius 2 is 1.46 bits per heavy atom. The Balaban J connectivity index is 3.15. The molecule has 0 fully saturated rings. The van der Waals surface area contributed by atoms with Crippen LogP contribution < -0.4 is 5.32 Å². The summed E-state index contributed by atoms with van der Waals surface area (Å²) in [6.45, 7) is 12.7. The average Bonchev–Trinajstić information content (AvgIpc) is 2.42. The van der Waals surface area contributed by atoms with E-state index in [9.17, 15) is 14.7 Å². The van der Waals surface area contributed by atoms with Gasteiger partial charge in [0.15, 0.2) is 0 Å².